The summed E-state index contributed by atoms with van der Waals surface area (Å²) in [5.41, 5.74) is 17.2. The summed E-state index contributed by atoms with van der Waals surface area (Å²) in [6.45, 7) is 2.37. The van der Waals surface area contributed by atoms with Crippen LogP contribution in [-0.4, -0.2) is 9.97 Å². The van der Waals surface area contributed by atoms with Crippen LogP contribution in [-0.2, 0) is 5.41 Å². The van der Waals surface area contributed by atoms with Gasteiger partial charge in [-0.05, 0) is 75.7 Å². The van der Waals surface area contributed by atoms with Crippen molar-refractivity contribution in [1.82, 2.24) is 9.97 Å². The molecule has 0 amide bonds. The molecular weight excluding hydrogens is 693 g/mol. The summed E-state index contributed by atoms with van der Waals surface area (Å²) < 4.78 is 6.52. The summed E-state index contributed by atoms with van der Waals surface area (Å²) >= 11 is 0. The third-order valence-corrected chi connectivity index (χ3v) is 11.8. The van der Waals surface area contributed by atoms with Crippen LogP contribution in [0.3, 0.4) is 0 Å². The maximum atomic E-state index is 6.52. The van der Waals surface area contributed by atoms with Crippen molar-refractivity contribution in [2.75, 3.05) is 0 Å². The van der Waals surface area contributed by atoms with Crippen LogP contribution in [0.25, 0.3) is 89.2 Å². The number of hydrogen-bond acceptors (Lipinski definition) is 3. The third-order valence-electron chi connectivity index (χ3n) is 11.8. The van der Waals surface area contributed by atoms with E-state index in [0.29, 0.717) is 5.82 Å². The molecular formula is C54H36N2O. The molecule has 0 spiro atoms. The van der Waals surface area contributed by atoms with Crippen molar-refractivity contribution in [2.24, 2.45) is 0 Å². The van der Waals surface area contributed by atoms with Crippen LogP contribution in [0.5, 0.6) is 0 Å². The molecule has 8 aromatic carbocycles. The van der Waals surface area contributed by atoms with E-state index in [1.807, 2.05) is 30.3 Å². The molecule has 10 aromatic rings. The number of furan rings is 1. The topological polar surface area (TPSA) is 38.9 Å². The lowest BCUT2D eigenvalue weighted by Gasteiger charge is -2.28. The average Bonchev–Trinajstić information content (AvgIpc) is 3.80. The Morgan fingerprint density at radius 3 is 1.84 bits per heavy atom. The number of rotatable bonds is 6. The summed E-state index contributed by atoms with van der Waals surface area (Å²) in [5, 5.41) is 2.21. The molecule has 0 bridgehead atoms. The molecule has 3 nitrogen and oxygen atoms in total. The Bertz CT molecular complexity index is 3140. The van der Waals surface area contributed by atoms with Crippen molar-refractivity contribution in [3.63, 3.8) is 0 Å². The second-order valence-corrected chi connectivity index (χ2v) is 15.0. The van der Waals surface area contributed by atoms with Gasteiger partial charge in [-0.1, -0.05) is 176 Å². The van der Waals surface area contributed by atoms with Crippen molar-refractivity contribution >= 4 is 21.9 Å². The molecule has 1 aliphatic rings. The Hall–Kier alpha value is -7.36. The minimum atomic E-state index is -0.271. The van der Waals surface area contributed by atoms with E-state index in [2.05, 4.69) is 177 Å². The van der Waals surface area contributed by atoms with E-state index in [1.54, 1.807) is 0 Å². The van der Waals surface area contributed by atoms with Gasteiger partial charge in [-0.3, -0.25) is 0 Å². The molecule has 0 aliphatic heterocycles. The van der Waals surface area contributed by atoms with Crippen molar-refractivity contribution in [3.05, 3.63) is 217 Å². The van der Waals surface area contributed by atoms with Gasteiger partial charge in [0.2, 0.25) is 0 Å². The fourth-order valence-electron chi connectivity index (χ4n) is 8.96. The fourth-order valence-corrected chi connectivity index (χ4v) is 8.96. The predicted molar refractivity (Wildman–Crippen MR) is 234 cm³/mol. The van der Waals surface area contributed by atoms with Crippen LogP contribution in [0.2, 0.25) is 0 Å². The molecule has 0 saturated carbocycles. The lowest BCUT2D eigenvalue weighted by molar-refractivity contribution is 0.670. The number of benzene rings is 8. The van der Waals surface area contributed by atoms with E-state index in [0.717, 1.165) is 66.7 Å². The molecule has 57 heavy (non-hydrogen) atoms. The van der Waals surface area contributed by atoms with Gasteiger partial charge >= 0.3 is 0 Å². The van der Waals surface area contributed by atoms with Crippen molar-refractivity contribution < 1.29 is 4.42 Å². The summed E-state index contributed by atoms with van der Waals surface area (Å²) in [7, 11) is 0. The van der Waals surface area contributed by atoms with Crippen molar-refractivity contribution in [1.29, 1.82) is 0 Å². The summed E-state index contributed by atoms with van der Waals surface area (Å²) in [6.07, 6.45) is 0. The fraction of sp³-hybridized carbons (Fsp3) is 0.0370. The molecule has 0 fully saturated rings. The normalized spacial score (nSPS) is 14.5. The van der Waals surface area contributed by atoms with Gasteiger partial charge in [0.1, 0.15) is 11.2 Å². The molecule has 3 heteroatoms. The number of nitrogens with zero attached hydrogens (tertiary/aromatic N) is 2. The molecule has 2 aromatic heterocycles. The SMILES string of the molecule is CC1(c2ccccc2)c2ccccc2-c2ccc(-c3cccc(-c4cc(-c5ccccc5-c5cccc6c5oc5ccccc56)nc(-c5ccccc5)n4)c3)cc21. The quantitative estimate of drug-likeness (QED) is 0.171. The molecule has 0 radical (unpaired) electrons. The molecule has 11 rings (SSSR count). The first-order chi connectivity index (χ1) is 28.1. The Labute approximate surface area is 331 Å². The van der Waals surface area contributed by atoms with Gasteiger partial charge in [-0.15, -0.1) is 0 Å². The van der Waals surface area contributed by atoms with Gasteiger partial charge in [-0.2, -0.15) is 0 Å². The van der Waals surface area contributed by atoms with E-state index in [-0.39, 0.29) is 5.41 Å². The van der Waals surface area contributed by atoms with Gasteiger partial charge in [0.05, 0.1) is 11.4 Å². The van der Waals surface area contributed by atoms with E-state index < -0.39 is 0 Å². The highest BCUT2D eigenvalue weighted by molar-refractivity contribution is 6.10. The monoisotopic (exact) mass is 728 g/mol. The number of para-hydroxylation sites is 2. The third kappa shape index (κ3) is 5.35. The Morgan fingerprint density at radius 2 is 0.982 bits per heavy atom. The molecule has 1 aliphatic carbocycles. The van der Waals surface area contributed by atoms with Crippen molar-refractivity contribution in [3.8, 4) is 67.3 Å². The summed E-state index contributed by atoms with van der Waals surface area (Å²) in [5.74, 6) is 0.680. The molecule has 1 atom stereocenters. The van der Waals surface area contributed by atoms with E-state index in [1.165, 1.54) is 33.4 Å². The zero-order valence-corrected chi connectivity index (χ0v) is 31.4. The van der Waals surface area contributed by atoms with Crippen LogP contribution in [0, 0.1) is 0 Å². The Balaban J connectivity index is 1.06. The van der Waals surface area contributed by atoms with Gasteiger partial charge in [0, 0.05) is 38.4 Å². The zero-order chi connectivity index (χ0) is 37.9. The van der Waals surface area contributed by atoms with Crippen molar-refractivity contribution in [2.45, 2.75) is 12.3 Å². The van der Waals surface area contributed by atoms with E-state index >= 15 is 0 Å². The van der Waals surface area contributed by atoms with Gasteiger partial charge in [0.15, 0.2) is 5.82 Å². The van der Waals surface area contributed by atoms with Crippen LogP contribution in [0.4, 0.5) is 0 Å². The maximum Gasteiger partial charge on any atom is 0.160 e. The highest BCUT2D eigenvalue weighted by atomic mass is 16.3. The molecule has 0 saturated heterocycles. The smallest absolute Gasteiger partial charge is 0.160 e. The van der Waals surface area contributed by atoms with E-state index in [4.69, 9.17) is 14.4 Å². The minimum absolute atomic E-state index is 0.271. The largest absolute Gasteiger partial charge is 0.455 e. The molecule has 1 unspecified atom stereocenters. The highest BCUT2D eigenvalue weighted by Crippen LogP contribution is 2.53. The number of hydrogen-bond donors (Lipinski definition) is 0. The Kier molecular flexibility index (Phi) is 7.61. The summed E-state index contributed by atoms with van der Waals surface area (Å²) in [4.78, 5) is 10.5. The number of aromatic nitrogens is 2. The predicted octanol–water partition coefficient (Wildman–Crippen LogP) is 14.0. The zero-order valence-electron chi connectivity index (χ0n) is 31.4. The first-order valence-corrected chi connectivity index (χ1v) is 19.5. The minimum Gasteiger partial charge on any atom is -0.455 e. The standard InChI is InChI=1S/C54H36N2O/c1-54(39-20-6-3-7-21-39)47-28-12-10-23-41(47)42-31-30-37(33-48(42)54)36-18-14-19-38(32-36)49-34-50(56-53(55-49)35-16-4-2-5-17-35)43-24-9-8-22-40(43)45-26-15-27-46-44-25-11-13-29-51(44)57-52(45)46/h2-34H,1H3. The van der Waals surface area contributed by atoms with E-state index in [9.17, 15) is 0 Å². The summed E-state index contributed by atoms with van der Waals surface area (Å²) in [6, 6.07) is 71.0. The lowest BCUT2D eigenvalue weighted by Crippen LogP contribution is -2.22. The van der Waals surface area contributed by atoms with Crippen LogP contribution in [0.1, 0.15) is 23.6 Å². The molecule has 268 valence electrons. The lowest BCUT2D eigenvalue weighted by atomic mass is 9.74. The van der Waals surface area contributed by atoms with Gasteiger partial charge in [0.25, 0.3) is 0 Å². The second-order valence-electron chi connectivity index (χ2n) is 15.0. The average molecular weight is 729 g/mol. The van der Waals surface area contributed by atoms with Crippen LogP contribution >= 0.6 is 0 Å². The first kappa shape index (κ1) is 33.0. The highest BCUT2D eigenvalue weighted by Gasteiger charge is 2.40. The maximum absolute atomic E-state index is 6.52. The number of fused-ring (bicyclic) bond motifs is 6. The van der Waals surface area contributed by atoms with Gasteiger partial charge in [-0.25, -0.2) is 9.97 Å². The first-order valence-electron chi connectivity index (χ1n) is 19.5. The van der Waals surface area contributed by atoms with Gasteiger partial charge < -0.3 is 4.42 Å². The Morgan fingerprint density at radius 1 is 0.386 bits per heavy atom. The van der Waals surface area contributed by atoms with Crippen LogP contribution < -0.4 is 0 Å². The van der Waals surface area contributed by atoms with Crippen LogP contribution in [0.15, 0.2) is 205 Å². The molecule has 0 N–H and O–H groups in total. The second kappa shape index (κ2) is 13.1. The molecule has 2 heterocycles.